The van der Waals surface area contributed by atoms with Gasteiger partial charge in [-0.1, -0.05) is 18.2 Å². The van der Waals surface area contributed by atoms with Crippen LogP contribution in [0.25, 0.3) is 0 Å². The van der Waals surface area contributed by atoms with Gasteiger partial charge in [-0.25, -0.2) is 9.36 Å². The second-order valence-corrected chi connectivity index (χ2v) is 11.4. The molecule has 2 aliphatic rings. The second-order valence-electron chi connectivity index (χ2n) is 9.72. The molecular weight excluding hydrogens is 521 g/mol. The van der Waals surface area contributed by atoms with Gasteiger partial charge in [-0.3, -0.25) is 19.1 Å². The van der Waals surface area contributed by atoms with Crippen LogP contribution in [0.4, 0.5) is 0 Å². The summed E-state index contributed by atoms with van der Waals surface area (Å²) in [5.41, 5.74) is -1.16. The second kappa shape index (κ2) is 11.1. The van der Waals surface area contributed by atoms with E-state index in [-0.39, 0.29) is 24.0 Å². The van der Waals surface area contributed by atoms with E-state index in [1.165, 1.54) is 13.1 Å². The van der Waals surface area contributed by atoms with E-state index < -0.39 is 61.2 Å². The molecule has 1 aromatic carbocycles. The SMILES string of the molecule is CC(C)OC(=O)[C@H](C)N[P@](=O)(OC[C@H]1O[C@@H](c2c[nH]c(=O)[nH]c2=O)[C@@H]2OC(C)(C)O[C@@H]21)Oc1ccccc1. The summed E-state index contributed by atoms with van der Waals surface area (Å²) in [4.78, 5) is 40.9. The molecule has 0 radical (unpaired) electrons. The highest BCUT2D eigenvalue weighted by Gasteiger charge is 2.56. The highest BCUT2D eigenvalue weighted by atomic mass is 31.2. The first-order valence-electron chi connectivity index (χ1n) is 12.2. The fraction of sp³-hybridized carbons (Fsp3) is 0.542. The van der Waals surface area contributed by atoms with Gasteiger partial charge in [0.15, 0.2) is 5.79 Å². The molecule has 2 aliphatic heterocycles. The Balaban J connectivity index is 1.55. The summed E-state index contributed by atoms with van der Waals surface area (Å²) in [7, 11) is -4.17. The minimum Gasteiger partial charge on any atom is -0.462 e. The van der Waals surface area contributed by atoms with Crippen molar-refractivity contribution < 1.29 is 37.4 Å². The van der Waals surface area contributed by atoms with E-state index in [1.54, 1.807) is 58.0 Å². The molecule has 14 heteroatoms. The minimum absolute atomic E-state index is 0.135. The largest absolute Gasteiger partial charge is 0.462 e. The van der Waals surface area contributed by atoms with E-state index in [1.807, 2.05) is 0 Å². The number of aromatic amines is 2. The maximum absolute atomic E-state index is 13.8. The lowest BCUT2D eigenvalue weighted by molar-refractivity contribution is -0.190. The quantitative estimate of drug-likeness (QED) is 0.291. The maximum atomic E-state index is 13.8. The van der Waals surface area contributed by atoms with Crippen LogP contribution in [0, 0.1) is 0 Å². The average molecular weight is 554 g/mol. The number of fused-ring (bicyclic) bond motifs is 1. The molecule has 2 aromatic rings. The number of nitrogens with one attached hydrogen (secondary N) is 3. The molecule has 38 heavy (non-hydrogen) atoms. The summed E-state index contributed by atoms with van der Waals surface area (Å²) >= 11 is 0. The molecule has 1 aromatic heterocycles. The molecule has 2 saturated heterocycles. The van der Waals surface area contributed by atoms with Crippen molar-refractivity contribution in [2.45, 2.75) is 77.0 Å². The number of ether oxygens (including phenoxy) is 4. The van der Waals surface area contributed by atoms with Crippen molar-refractivity contribution in [1.82, 2.24) is 15.1 Å². The van der Waals surface area contributed by atoms with E-state index in [9.17, 15) is 18.9 Å². The highest BCUT2D eigenvalue weighted by Crippen LogP contribution is 2.48. The normalized spacial score (nSPS) is 26.5. The first-order chi connectivity index (χ1) is 17.9. The molecule has 0 aliphatic carbocycles. The van der Waals surface area contributed by atoms with Gasteiger partial charge < -0.3 is 28.5 Å². The van der Waals surface area contributed by atoms with Crippen LogP contribution in [0.2, 0.25) is 0 Å². The predicted octanol–water partition coefficient (Wildman–Crippen LogP) is 2.16. The third kappa shape index (κ3) is 6.60. The average Bonchev–Trinajstić information content (AvgIpc) is 3.31. The molecule has 4 rings (SSSR count). The number of para-hydroxylation sites is 1. The minimum atomic E-state index is -4.17. The van der Waals surface area contributed by atoms with Crippen LogP contribution in [0.15, 0.2) is 46.1 Å². The van der Waals surface area contributed by atoms with Crippen LogP contribution in [0.3, 0.4) is 0 Å². The summed E-state index contributed by atoms with van der Waals surface area (Å²) in [5, 5.41) is 2.62. The fourth-order valence-electron chi connectivity index (χ4n) is 4.20. The maximum Gasteiger partial charge on any atom is 0.459 e. The summed E-state index contributed by atoms with van der Waals surface area (Å²) in [6, 6.07) is 7.30. The van der Waals surface area contributed by atoms with Crippen molar-refractivity contribution in [3.8, 4) is 5.75 Å². The van der Waals surface area contributed by atoms with Crippen LogP contribution in [0.1, 0.15) is 46.3 Å². The molecule has 0 saturated carbocycles. The zero-order valence-electron chi connectivity index (χ0n) is 21.7. The lowest BCUT2D eigenvalue weighted by atomic mass is 10.0. The lowest BCUT2D eigenvalue weighted by Gasteiger charge is -2.26. The number of benzene rings is 1. The summed E-state index contributed by atoms with van der Waals surface area (Å²) < 4.78 is 48.5. The Labute approximate surface area is 218 Å². The number of carbonyl (C=O) groups excluding carboxylic acids is 1. The number of H-pyrrole nitrogens is 2. The van der Waals surface area contributed by atoms with Crippen molar-refractivity contribution in [3.05, 3.63) is 62.9 Å². The van der Waals surface area contributed by atoms with E-state index in [0.717, 1.165) is 0 Å². The van der Waals surface area contributed by atoms with Gasteiger partial charge in [0.05, 0.1) is 18.3 Å². The highest BCUT2D eigenvalue weighted by molar-refractivity contribution is 7.52. The van der Waals surface area contributed by atoms with Gasteiger partial charge in [-0.2, -0.15) is 5.09 Å². The Bertz CT molecular complexity index is 1290. The Morgan fingerprint density at radius 2 is 1.82 bits per heavy atom. The van der Waals surface area contributed by atoms with Gasteiger partial charge in [0.1, 0.15) is 36.2 Å². The third-order valence-electron chi connectivity index (χ3n) is 5.74. The third-order valence-corrected chi connectivity index (χ3v) is 7.38. The van der Waals surface area contributed by atoms with Gasteiger partial charge in [-0.15, -0.1) is 0 Å². The van der Waals surface area contributed by atoms with Crippen LogP contribution < -0.4 is 20.9 Å². The molecule has 208 valence electrons. The Hall–Kier alpha value is -2.80. The lowest BCUT2D eigenvalue weighted by Crippen LogP contribution is -2.38. The van der Waals surface area contributed by atoms with Crippen LogP contribution in [0.5, 0.6) is 5.75 Å². The number of aromatic nitrogens is 2. The monoisotopic (exact) mass is 553 g/mol. The van der Waals surface area contributed by atoms with Crippen LogP contribution >= 0.6 is 7.75 Å². The van der Waals surface area contributed by atoms with Gasteiger partial charge >= 0.3 is 19.4 Å². The smallest absolute Gasteiger partial charge is 0.459 e. The van der Waals surface area contributed by atoms with E-state index >= 15 is 0 Å². The van der Waals surface area contributed by atoms with E-state index in [0.29, 0.717) is 0 Å². The summed E-state index contributed by atoms with van der Waals surface area (Å²) in [6.45, 7) is 8.00. The molecule has 13 nitrogen and oxygen atoms in total. The number of carbonyl (C=O) groups is 1. The topological polar surface area (TPSA) is 167 Å². The Morgan fingerprint density at radius 1 is 1.13 bits per heavy atom. The standard InChI is InChI=1S/C24H32N3O10P/c1-13(2)33-22(29)14(3)27-38(31,37-15-9-7-6-8-10-15)32-12-17-19-20(36-24(4,5)35-19)18(34-17)16-11-25-23(30)26-21(16)28/h6-11,13-14,17-20H,12H2,1-5H3,(H,27,31)(H2,25,26,28,30)/t14-,17+,18-,19+,20-,38-/m0/s1. The summed E-state index contributed by atoms with van der Waals surface area (Å²) in [6.07, 6.45) is -2.28. The Kier molecular flexibility index (Phi) is 8.26. The molecule has 0 bridgehead atoms. The van der Waals surface area contributed by atoms with Crippen molar-refractivity contribution in [3.63, 3.8) is 0 Å². The van der Waals surface area contributed by atoms with Gasteiger partial charge in [-0.05, 0) is 46.8 Å². The van der Waals surface area contributed by atoms with Crippen molar-refractivity contribution in [2.24, 2.45) is 0 Å². The van der Waals surface area contributed by atoms with Crippen LogP contribution in [-0.2, 0) is 32.8 Å². The zero-order chi connectivity index (χ0) is 27.7. The first-order valence-corrected chi connectivity index (χ1v) is 13.7. The molecule has 0 unspecified atom stereocenters. The molecule has 6 atom stereocenters. The number of hydrogen-bond acceptors (Lipinski definition) is 10. The summed E-state index contributed by atoms with van der Waals surface area (Å²) in [5.74, 6) is -1.39. The molecule has 3 N–H and O–H groups in total. The molecule has 2 fully saturated rings. The molecule has 0 spiro atoms. The van der Waals surface area contributed by atoms with E-state index in [2.05, 4.69) is 15.1 Å². The first kappa shape index (κ1) is 28.2. The fourth-order valence-corrected chi connectivity index (χ4v) is 5.71. The Morgan fingerprint density at radius 3 is 2.47 bits per heavy atom. The van der Waals surface area contributed by atoms with Gasteiger partial charge in [0, 0.05) is 6.20 Å². The van der Waals surface area contributed by atoms with Gasteiger partial charge in [0.25, 0.3) is 5.56 Å². The molecule has 0 amide bonds. The number of esters is 1. The predicted molar refractivity (Wildman–Crippen MR) is 134 cm³/mol. The van der Waals surface area contributed by atoms with Crippen molar-refractivity contribution in [2.75, 3.05) is 6.61 Å². The molecular formula is C24H32N3O10P. The number of hydrogen-bond donors (Lipinski definition) is 3. The van der Waals surface area contributed by atoms with Crippen molar-refractivity contribution >= 4 is 13.7 Å². The van der Waals surface area contributed by atoms with Crippen LogP contribution in [-0.4, -0.2) is 58.8 Å². The van der Waals surface area contributed by atoms with E-state index in [4.69, 9.17) is 28.0 Å². The zero-order valence-corrected chi connectivity index (χ0v) is 22.6. The molecule has 3 heterocycles. The van der Waals surface area contributed by atoms with Gasteiger partial charge in [0.2, 0.25) is 0 Å². The van der Waals surface area contributed by atoms with Crippen molar-refractivity contribution in [1.29, 1.82) is 0 Å². The number of rotatable bonds is 10.